The summed E-state index contributed by atoms with van der Waals surface area (Å²) in [6.45, 7) is 3.32. The van der Waals surface area contributed by atoms with Gasteiger partial charge in [0.15, 0.2) is 0 Å². The second kappa shape index (κ2) is 7.78. The Balaban J connectivity index is 1.44. The number of nitrogens with one attached hydrogen (secondary N) is 1. The fourth-order valence-corrected chi connectivity index (χ4v) is 4.27. The van der Waals surface area contributed by atoms with E-state index in [2.05, 4.69) is 15.3 Å². The van der Waals surface area contributed by atoms with Crippen LogP contribution in [0.1, 0.15) is 31.2 Å². The number of nitrogens with zero attached hydrogens (tertiary/aromatic N) is 3. The standard InChI is InChI=1S/C20H23F3N4O2/c21-20(22,23)12-14-1-2-15-16(11-14)25-13-26-17(15)29-18(28)27-9-5-19(6-10-27)3-7-24-8-4-19/h1-2,11,13,24H,3-10,12H2. The monoisotopic (exact) mass is 408 g/mol. The van der Waals surface area contributed by atoms with E-state index in [0.717, 1.165) is 38.8 Å². The molecule has 0 atom stereocenters. The number of likely N-dealkylation sites (tertiary alicyclic amines) is 1. The van der Waals surface area contributed by atoms with E-state index in [4.69, 9.17) is 4.74 Å². The summed E-state index contributed by atoms with van der Waals surface area (Å²) in [5.74, 6) is 0.0701. The van der Waals surface area contributed by atoms with Gasteiger partial charge in [0.2, 0.25) is 5.88 Å². The van der Waals surface area contributed by atoms with Gasteiger partial charge in [0.05, 0.1) is 17.3 Å². The van der Waals surface area contributed by atoms with Gasteiger partial charge in [-0.1, -0.05) is 6.07 Å². The first kappa shape index (κ1) is 19.9. The molecule has 1 aromatic carbocycles. The van der Waals surface area contributed by atoms with Crippen LogP contribution >= 0.6 is 0 Å². The molecule has 1 N–H and O–H groups in total. The predicted octanol–water partition coefficient (Wildman–Crippen LogP) is 3.70. The molecule has 3 heterocycles. The summed E-state index contributed by atoms with van der Waals surface area (Å²) < 4.78 is 43.3. The maximum absolute atomic E-state index is 12.6. The molecule has 4 rings (SSSR count). The molecule has 0 aliphatic carbocycles. The van der Waals surface area contributed by atoms with E-state index in [-0.39, 0.29) is 11.4 Å². The summed E-state index contributed by atoms with van der Waals surface area (Å²) in [7, 11) is 0. The minimum Gasteiger partial charge on any atom is -0.390 e. The number of ether oxygens (including phenoxy) is 1. The van der Waals surface area contributed by atoms with Gasteiger partial charge < -0.3 is 15.0 Å². The van der Waals surface area contributed by atoms with Crippen LogP contribution in [0, 0.1) is 5.41 Å². The lowest BCUT2D eigenvalue weighted by atomic mass is 9.72. The summed E-state index contributed by atoms with van der Waals surface area (Å²) in [5.41, 5.74) is 0.736. The maximum atomic E-state index is 12.6. The van der Waals surface area contributed by atoms with Gasteiger partial charge in [-0.15, -0.1) is 0 Å². The van der Waals surface area contributed by atoms with Gasteiger partial charge in [-0.2, -0.15) is 13.2 Å². The number of rotatable bonds is 2. The van der Waals surface area contributed by atoms with Crippen LogP contribution in [0.4, 0.5) is 18.0 Å². The molecule has 1 amide bonds. The predicted molar refractivity (Wildman–Crippen MR) is 101 cm³/mol. The van der Waals surface area contributed by atoms with Crippen molar-refractivity contribution in [2.75, 3.05) is 26.2 Å². The number of halogens is 3. The van der Waals surface area contributed by atoms with Gasteiger partial charge in [-0.25, -0.2) is 14.8 Å². The molecule has 6 nitrogen and oxygen atoms in total. The molecule has 1 spiro atoms. The summed E-state index contributed by atoms with van der Waals surface area (Å²) in [5, 5.41) is 3.79. The lowest BCUT2D eigenvalue weighted by Crippen LogP contribution is -2.48. The number of carbonyl (C=O) groups is 1. The van der Waals surface area contributed by atoms with Crippen LogP contribution in [0.2, 0.25) is 0 Å². The highest BCUT2D eigenvalue weighted by Gasteiger charge is 2.37. The van der Waals surface area contributed by atoms with Crippen LogP contribution in [0.5, 0.6) is 5.88 Å². The molecule has 2 aliphatic heterocycles. The summed E-state index contributed by atoms with van der Waals surface area (Å²) in [6.07, 6.45) is -0.442. The second-order valence-corrected chi connectivity index (χ2v) is 7.93. The van der Waals surface area contributed by atoms with E-state index in [0.29, 0.717) is 29.4 Å². The lowest BCUT2D eigenvalue weighted by molar-refractivity contribution is -0.127. The Morgan fingerprint density at radius 1 is 1.14 bits per heavy atom. The van der Waals surface area contributed by atoms with Gasteiger partial charge in [-0.05, 0) is 61.9 Å². The van der Waals surface area contributed by atoms with Gasteiger partial charge in [0.1, 0.15) is 6.33 Å². The minimum absolute atomic E-state index is 0.0701. The normalized spacial score (nSPS) is 19.5. The van der Waals surface area contributed by atoms with E-state index in [1.54, 1.807) is 4.90 Å². The highest BCUT2D eigenvalue weighted by atomic mass is 19.4. The number of amides is 1. The Hall–Kier alpha value is -2.42. The van der Waals surface area contributed by atoms with Crippen molar-refractivity contribution >= 4 is 17.0 Å². The Morgan fingerprint density at radius 3 is 2.55 bits per heavy atom. The first-order valence-electron chi connectivity index (χ1n) is 9.82. The van der Waals surface area contributed by atoms with Crippen LogP contribution in [0.3, 0.4) is 0 Å². The maximum Gasteiger partial charge on any atom is 0.416 e. The topological polar surface area (TPSA) is 67.3 Å². The van der Waals surface area contributed by atoms with E-state index in [9.17, 15) is 18.0 Å². The van der Waals surface area contributed by atoms with Gasteiger partial charge in [-0.3, -0.25) is 0 Å². The molecule has 0 radical (unpaired) electrons. The molecule has 2 saturated heterocycles. The van der Waals surface area contributed by atoms with Crippen LogP contribution < -0.4 is 10.1 Å². The Bertz CT molecular complexity index is 887. The van der Waals surface area contributed by atoms with Crippen LogP contribution in [0.15, 0.2) is 24.5 Å². The first-order chi connectivity index (χ1) is 13.8. The fraction of sp³-hybridized carbons (Fsp3) is 0.550. The average molecular weight is 408 g/mol. The molecule has 29 heavy (non-hydrogen) atoms. The molecular weight excluding hydrogens is 385 g/mol. The number of fused-ring (bicyclic) bond motifs is 1. The van der Waals surface area contributed by atoms with Crippen molar-refractivity contribution in [3.63, 3.8) is 0 Å². The van der Waals surface area contributed by atoms with Crippen molar-refractivity contribution in [2.45, 2.75) is 38.3 Å². The summed E-state index contributed by atoms with van der Waals surface area (Å²) in [4.78, 5) is 22.3. The third-order valence-electron chi connectivity index (χ3n) is 6.00. The fourth-order valence-electron chi connectivity index (χ4n) is 4.27. The highest BCUT2D eigenvalue weighted by molar-refractivity contribution is 5.86. The second-order valence-electron chi connectivity index (χ2n) is 7.93. The SMILES string of the molecule is O=C(Oc1ncnc2cc(CC(F)(F)F)ccc12)N1CCC2(CCNCC2)CC1. The molecule has 2 fully saturated rings. The molecule has 2 aliphatic rings. The van der Waals surface area contributed by atoms with Crippen molar-refractivity contribution in [1.29, 1.82) is 0 Å². The smallest absolute Gasteiger partial charge is 0.390 e. The number of hydrogen-bond acceptors (Lipinski definition) is 5. The number of piperidine rings is 2. The Kier molecular flexibility index (Phi) is 5.33. The zero-order valence-electron chi connectivity index (χ0n) is 16.0. The molecule has 0 unspecified atom stereocenters. The Morgan fingerprint density at radius 2 is 1.86 bits per heavy atom. The van der Waals surface area contributed by atoms with E-state index >= 15 is 0 Å². The number of alkyl halides is 3. The third kappa shape index (κ3) is 4.60. The Labute approximate surface area is 166 Å². The number of aromatic nitrogens is 2. The minimum atomic E-state index is -4.30. The van der Waals surface area contributed by atoms with E-state index in [1.165, 1.54) is 24.5 Å². The van der Waals surface area contributed by atoms with Gasteiger partial charge in [0, 0.05) is 13.1 Å². The van der Waals surface area contributed by atoms with Gasteiger partial charge >= 0.3 is 12.3 Å². The highest BCUT2D eigenvalue weighted by Crippen LogP contribution is 2.39. The number of benzene rings is 1. The van der Waals surface area contributed by atoms with Crippen LogP contribution in [0.25, 0.3) is 10.9 Å². The zero-order chi connectivity index (χ0) is 20.5. The molecule has 0 bridgehead atoms. The van der Waals surface area contributed by atoms with Crippen molar-refractivity contribution in [3.8, 4) is 5.88 Å². The molecule has 2 aromatic rings. The number of hydrogen-bond donors (Lipinski definition) is 1. The summed E-state index contributed by atoms with van der Waals surface area (Å²) >= 11 is 0. The molecule has 9 heteroatoms. The molecule has 156 valence electrons. The summed E-state index contributed by atoms with van der Waals surface area (Å²) in [6, 6.07) is 4.18. The van der Waals surface area contributed by atoms with Gasteiger partial charge in [0.25, 0.3) is 0 Å². The van der Waals surface area contributed by atoms with E-state index < -0.39 is 18.7 Å². The largest absolute Gasteiger partial charge is 0.416 e. The lowest BCUT2D eigenvalue weighted by Gasteiger charge is -2.43. The first-order valence-corrected chi connectivity index (χ1v) is 9.82. The number of carbonyl (C=O) groups excluding carboxylic acids is 1. The van der Waals surface area contributed by atoms with Crippen molar-refractivity contribution < 1.29 is 22.7 Å². The molecular formula is C20H23F3N4O2. The van der Waals surface area contributed by atoms with Crippen molar-refractivity contribution in [1.82, 2.24) is 20.2 Å². The quantitative estimate of drug-likeness (QED) is 0.821. The van der Waals surface area contributed by atoms with E-state index in [1.807, 2.05) is 0 Å². The van der Waals surface area contributed by atoms with Crippen molar-refractivity contribution in [3.05, 3.63) is 30.1 Å². The van der Waals surface area contributed by atoms with Crippen molar-refractivity contribution in [2.24, 2.45) is 5.41 Å². The van der Waals surface area contributed by atoms with Crippen LogP contribution in [-0.4, -0.2) is 53.3 Å². The average Bonchev–Trinajstić information content (AvgIpc) is 2.68. The zero-order valence-corrected chi connectivity index (χ0v) is 16.0. The molecule has 0 saturated carbocycles. The molecule has 1 aromatic heterocycles. The van der Waals surface area contributed by atoms with Crippen LogP contribution in [-0.2, 0) is 6.42 Å². The third-order valence-corrected chi connectivity index (χ3v) is 6.00.